The lowest BCUT2D eigenvalue weighted by molar-refractivity contribution is -0.120. The first kappa shape index (κ1) is 15.8. The normalized spacial score (nSPS) is 24.2. The highest BCUT2D eigenvalue weighted by Crippen LogP contribution is 2.33. The van der Waals surface area contributed by atoms with Crippen LogP contribution in [0.1, 0.15) is 52.9 Å². The Kier molecular flexibility index (Phi) is 6.12. The number of carbonyl (C=O) groups is 1. The molecule has 0 heterocycles. The average Bonchev–Trinajstić information content (AvgIpc) is 2.75. The van der Waals surface area contributed by atoms with E-state index in [9.17, 15) is 4.79 Å². The van der Waals surface area contributed by atoms with Crippen molar-refractivity contribution in [1.29, 1.82) is 5.41 Å². The third kappa shape index (κ3) is 4.40. The minimum atomic E-state index is 0.0306. The van der Waals surface area contributed by atoms with Crippen LogP contribution in [-0.4, -0.2) is 24.0 Å². The molecule has 1 rings (SSSR count). The molecule has 0 radical (unpaired) electrons. The molecule has 110 valence electrons. The van der Waals surface area contributed by atoms with Gasteiger partial charge in [-0.05, 0) is 24.7 Å². The van der Waals surface area contributed by atoms with Gasteiger partial charge >= 0.3 is 0 Å². The molecule has 1 aliphatic carbocycles. The number of amides is 1. The van der Waals surface area contributed by atoms with Gasteiger partial charge in [0.25, 0.3) is 0 Å². The second-order valence-corrected chi connectivity index (χ2v) is 5.56. The fourth-order valence-corrected chi connectivity index (χ4v) is 3.40. The van der Waals surface area contributed by atoms with E-state index in [2.05, 4.69) is 24.5 Å². The lowest BCUT2D eigenvalue weighted by Gasteiger charge is -2.35. The van der Waals surface area contributed by atoms with Gasteiger partial charge < -0.3 is 16.4 Å². The van der Waals surface area contributed by atoms with Gasteiger partial charge in [-0.15, -0.1) is 0 Å². The summed E-state index contributed by atoms with van der Waals surface area (Å²) in [5, 5.41) is 13.6. The van der Waals surface area contributed by atoms with E-state index in [4.69, 9.17) is 11.1 Å². The summed E-state index contributed by atoms with van der Waals surface area (Å²) in [6.07, 6.45) is 5.37. The first-order valence-corrected chi connectivity index (χ1v) is 7.37. The van der Waals surface area contributed by atoms with Crippen LogP contribution in [-0.2, 0) is 4.79 Å². The standard InChI is InChI=1S/C14H28N4O/c1-4-10(5-2)13(17-9(3)19)11-7-6-8-12(11)18-14(15)16/h10-13H,4-8H2,1-3H3,(H,17,19)(H4,15,16,18)/t11-,12-,13?/m1/s1. The number of nitrogens with two attached hydrogens (primary N) is 1. The maximum atomic E-state index is 11.5. The fourth-order valence-electron chi connectivity index (χ4n) is 3.40. The zero-order valence-corrected chi connectivity index (χ0v) is 12.3. The molecule has 5 heteroatoms. The quantitative estimate of drug-likeness (QED) is 0.435. The van der Waals surface area contributed by atoms with Gasteiger partial charge in [0.15, 0.2) is 5.96 Å². The number of hydrogen-bond acceptors (Lipinski definition) is 2. The number of rotatable bonds is 6. The number of carbonyl (C=O) groups excluding carboxylic acids is 1. The van der Waals surface area contributed by atoms with Crippen molar-refractivity contribution in [1.82, 2.24) is 10.6 Å². The molecule has 0 aromatic rings. The second-order valence-electron chi connectivity index (χ2n) is 5.56. The first-order chi connectivity index (χ1) is 8.99. The molecule has 1 fully saturated rings. The van der Waals surface area contributed by atoms with Gasteiger partial charge in [0.2, 0.25) is 5.91 Å². The van der Waals surface area contributed by atoms with Crippen molar-refractivity contribution in [3.63, 3.8) is 0 Å². The summed E-state index contributed by atoms with van der Waals surface area (Å²) in [6.45, 7) is 5.93. The van der Waals surface area contributed by atoms with E-state index < -0.39 is 0 Å². The summed E-state index contributed by atoms with van der Waals surface area (Å²) in [6, 6.07) is 0.404. The molecule has 5 nitrogen and oxygen atoms in total. The lowest BCUT2D eigenvalue weighted by atomic mass is 9.82. The van der Waals surface area contributed by atoms with Crippen LogP contribution in [0.4, 0.5) is 0 Å². The molecule has 1 amide bonds. The maximum Gasteiger partial charge on any atom is 0.217 e. The SMILES string of the molecule is CCC(CC)C(NC(C)=O)[C@@H]1CCC[C@H]1NC(=N)N. The van der Waals surface area contributed by atoms with Crippen LogP contribution in [0.2, 0.25) is 0 Å². The molecule has 0 aromatic carbocycles. The van der Waals surface area contributed by atoms with Crippen molar-refractivity contribution in [3.8, 4) is 0 Å². The monoisotopic (exact) mass is 268 g/mol. The van der Waals surface area contributed by atoms with E-state index >= 15 is 0 Å². The zero-order chi connectivity index (χ0) is 14.4. The Bertz CT molecular complexity index is 315. The zero-order valence-electron chi connectivity index (χ0n) is 12.3. The minimum absolute atomic E-state index is 0.0306. The Hall–Kier alpha value is -1.26. The number of hydrogen-bond donors (Lipinski definition) is 4. The molecule has 1 saturated carbocycles. The Balaban J connectivity index is 2.82. The number of nitrogens with one attached hydrogen (secondary N) is 3. The van der Waals surface area contributed by atoms with Crippen LogP contribution in [0.25, 0.3) is 0 Å². The van der Waals surface area contributed by atoms with Crippen LogP contribution in [0.15, 0.2) is 0 Å². The third-order valence-corrected chi connectivity index (χ3v) is 4.30. The minimum Gasteiger partial charge on any atom is -0.370 e. The summed E-state index contributed by atoms with van der Waals surface area (Å²) in [7, 11) is 0. The molecule has 0 saturated heterocycles. The van der Waals surface area contributed by atoms with E-state index in [1.807, 2.05) is 0 Å². The van der Waals surface area contributed by atoms with Gasteiger partial charge in [0.1, 0.15) is 0 Å². The van der Waals surface area contributed by atoms with E-state index in [0.717, 1.165) is 32.1 Å². The Morgan fingerprint density at radius 3 is 2.47 bits per heavy atom. The highest BCUT2D eigenvalue weighted by molar-refractivity contribution is 5.75. The predicted molar refractivity (Wildman–Crippen MR) is 77.9 cm³/mol. The van der Waals surface area contributed by atoms with Crippen molar-refractivity contribution in [2.24, 2.45) is 17.6 Å². The molecular formula is C14H28N4O. The Morgan fingerprint density at radius 2 is 2.00 bits per heavy atom. The van der Waals surface area contributed by atoms with Gasteiger partial charge in [0, 0.05) is 19.0 Å². The Labute approximate surface area is 116 Å². The van der Waals surface area contributed by atoms with Gasteiger partial charge in [-0.2, -0.15) is 0 Å². The average molecular weight is 268 g/mol. The summed E-state index contributed by atoms with van der Waals surface area (Å²) < 4.78 is 0. The molecule has 5 N–H and O–H groups in total. The smallest absolute Gasteiger partial charge is 0.217 e. The van der Waals surface area contributed by atoms with Crippen molar-refractivity contribution in [2.75, 3.05) is 0 Å². The molecule has 3 atom stereocenters. The largest absolute Gasteiger partial charge is 0.370 e. The third-order valence-electron chi connectivity index (χ3n) is 4.30. The van der Waals surface area contributed by atoms with Crippen LogP contribution in [0.5, 0.6) is 0 Å². The van der Waals surface area contributed by atoms with Crippen molar-refractivity contribution < 1.29 is 4.79 Å². The topological polar surface area (TPSA) is 91.0 Å². The van der Waals surface area contributed by atoms with Crippen molar-refractivity contribution >= 4 is 11.9 Å². The fraction of sp³-hybridized carbons (Fsp3) is 0.857. The predicted octanol–water partition coefficient (Wildman–Crippen LogP) is 1.58. The van der Waals surface area contributed by atoms with E-state index in [1.165, 1.54) is 0 Å². The van der Waals surface area contributed by atoms with Crippen molar-refractivity contribution in [3.05, 3.63) is 0 Å². The van der Waals surface area contributed by atoms with Gasteiger partial charge in [-0.3, -0.25) is 10.2 Å². The van der Waals surface area contributed by atoms with E-state index in [-0.39, 0.29) is 24.0 Å². The summed E-state index contributed by atoms with van der Waals surface area (Å²) >= 11 is 0. The summed E-state index contributed by atoms with van der Waals surface area (Å²) in [5.41, 5.74) is 5.46. The Morgan fingerprint density at radius 1 is 1.37 bits per heavy atom. The lowest BCUT2D eigenvalue weighted by Crippen LogP contribution is -2.51. The molecule has 0 aromatic heterocycles. The van der Waals surface area contributed by atoms with Gasteiger partial charge in [0.05, 0.1) is 0 Å². The number of guanidine groups is 1. The molecule has 1 aliphatic rings. The van der Waals surface area contributed by atoms with E-state index in [0.29, 0.717) is 11.8 Å². The highest BCUT2D eigenvalue weighted by atomic mass is 16.1. The van der Waals surface area contributed by atoms with Crippen LogP contribution in [0, 0.1) is 17.2 Å². The summed E-state index contributed by atoms with van der Waals surface area (Å²) in [5.74, 6) is 0.925. The van der Waals surface area contributed by atoms with Crippen LogP contribution < -0.4 is 16.4 Å². The molecule has 1 unspecified atom stereocenters. The van der Waals surface area contributed by atoms with E-state index in [1.54, 1.807) is 6.92 Å². The van der Waals surface area contributed by atoms with Gasteiger partial charge in [-0.1, -0.05) is 33.1 Å². The summed E-state index contributed by atoms with van der Waals surface area (Å²) in [4.78, 5) is 11.5. The van der Waals surface area contributed by atoms with Crippen LogP contribution >= 0.6 is 0 Å². The molecule has 19 heavy (non-hydrogen) atoms. The molecular weight excluding hydrogens is 240 g/mol. The van der Waals surface area contributed by atoms with Crippen LogP contribution in [0.3, 0.4) is 0 Å². The molecule has 0 aliphatic heterocycles. The first-order valence-electron chi connectivity index (χ1n) is 7.37. The van der Waals surface area contributed by atoms with Crippen molar-refractivity contribution in [2.45, 2.75) is 65.0 Å². The molecule has 0 spiro atoms. The maximum absolute atomic E-state index is 11.5. The highest BCUT2D eigenvalue weighted by Gasteiger charge is 2.37. The molecule has 0 bridgehead atoms. The van der Waals surface area contributed by atoms with Gasteiger partial charge in [-0.25, -0.2) is 0 Å². The second kappa shape index (κ2) is 7.36.